The molecule has 0 unspecified atom stereocenters. The van der Waals surface area contributed by atoms with Crippen LogP contribution in [0.4, 0.5) is 0 Å². The van der Waals surface area contributed by atoms with Crippen LogP contribution in [0.3, 0.4) is 0 Å². The molecule has 0 amide bonds. The van der Waals surface area contributed by atoms with Gasteiger partial charge in [0, 0.05) is 24.2 Å². The van der Waals surface area contributed by atoms with Gasteiger partial charge in [0.1, 0.15) is 5.76 Å². The van der Waals surface area contributed by atoms with Gasteiger partial charge in [-0.05, 0) is 45.6 Å². The van der Waals surface area contributed by atoms with E-state index >= 15 is 0 Å². The highest BCUT2D eigenvalue weighted by Gasteiger charge is 2.22. The van der Waals surface area contributed by atoms with Crippen LogP contribution in [-0.2, 0) is 13.1 Å². The molecule has 1 aliphatic heterocycles. The monoisotopic (exact) mass is 293 g/mol. The third-order valence-electron chi connectivity index (χ3n) is 4.46. The molecule has 0 aliphatic carbocycles. The Balaban J connectivity index is 1.78. The van der Waals surface area contributed by atoms with Crippen LogP contribution < -0.4 is 5.32 Å². The SMILES string of the molecule is CCN1CCC(N(C)Cc2cc(CNC(C)C)co2)CC1. The van der Waals surface area contributed by atoms with Gasteiger partial charge >= 0.3 is 0 Å². The zero-order valence-corrected chi connectivity index (χ0v) is 14.1. The third kappa shape index (κ3) is 5.13. The summed E-state index contributed by atoms with van der Waals surface area (Å²) >= 11 is 0. The molecule has 1 aromatic heterocycles. The standard InChI is InChI=1S/C17H31N3O/c1-5-20-8-6-16(7-9-20)19(4)12-17-10-15(13-21-17)11-18-14(2)3/h10,13-14,16,18H,5-9,11-12H2,1-4H3. The van der Waals surface area contributed by atoms with Crippen molar-refractivity contribution in [3.05, 3.63) is 23.7 Å². The first-order chi connectivity index (χ1) is 10.1. The summed E-state index contributed by atoms with van der Waals surface area (Å²) < 4.78 is 5.71. The average Bonchev–Trinajstić information content (AvgIpc) is 2.92. The lowest BCUT2D eigenvalue weighted by atomic mass is 10.0. The van der Waals surface area contributed by atoms with E-state index in [-0.39, 0.29) is 0 Å². The molecule has 0 bridgehead atoms. The maximum absolute atomic E-state index is 5.71. The summed E-state index contributed by atoms with van der Waals surface area (Å²) in [6.07, 6.45) is 4.43. The fourth-order valence-electron chi connectivity index (χ4n) is 2.98. The summed E-state index contributed by atoms with van der Waals surface area (Å²) in [5.41, 5.74) is 1.24. The average molecular weight is 293 g/mol. The lowest BCUT2D eigenvalue weighted by Gasteiger charge is -2.35. The molecule has 4 heteroatoms. The van der Waals surface area contributed by atoms with Crippen molar-refractivity contribution in [1.29, 1.82) is 0 Å². The minimum atomic E-state index is 0.509. The lowest BCUT2D eigenvalue weighted by molar-refractivity contribution is 0.121. The number of hydrogen-bond acceptors (Lipinski definition) is 4. The fourth-order valence-corrected chi connectivity index (χ4v) is 2.98. The topological polar surface area (TPSA) is 31.6 Å². The highest BCUT2D eigenvalue weighted by Crippen LogP contribution is 2.18. The van der Waals surface area contributed by atoms with Crippen molar-refractivity contribution < 1.29 is 4.42 Å². The van der Waals surface area contributed by atoms with Crippen LogP contribution in [-0.4, -0.2) is 48.6 Å². The Morgan fingerprint density at radius 2 is 2.10 bits per heavy atom. The molecule has 2 rings (SSSR count). The molecular formula is C17H31N3O. The highest BCUT2D eigenvalue weighted by atomic mass is 16.3. The van der Waals surface area contributed by atoms with E-state index in [9.17, 15) is 0 Å². The Morgan fingerprint density at radius 1 is 1.38 bits per heavy atom. The second-order valence-electron chi connectivity index (χ2n) is 6.54. The molecule has 0 spiro atoms. The molecule has 1 N–H and O–H groups in total. The van der Waals surface area contributed by atoms with Crippen LogP contribution in [0.15, 0.2) is 16.7 Å². The second-order valence-corrected chi connectivity index (χ2v) is 6.54. The maximum atomic E-state index is 5.71. The number of hydrogen-bond donors (Lipinski definition) is 1. The predicted molar refractivity (Wildman–Crippen MR) is 87.3 cm³/mol. The molecule has 1 saturated heterocycles. The Hall–Kier alpha value is -0.840. The smallest absolute Gasteiger partial charge is 0.118 e. The summed E-state index contributed by atoms with van der Waals surface area (Å²) in [7, 11) is 2.22. The molecule has 4 nitrogen and oxygen atoms in total. The summed E-state index contributed by atoms with van der Waals surface area (Å²) in [4.78, 5) is 4.98. The third-order valence-corrected chi connectivity index (χ3v) is 4.46. The maximum Gasteiger partial charge on any atom is 0.118 e. The van der Waals surface area contributed by atoms with Crippen LogP contribution in [0.5, 0.6) is 0 Å². The summed E-state index contributed by atoms with van der Waals surface area (Å²) in [5.74, 6) is 1.08. The number of rotatable bonds is 7. The molecule has 2 heterocycles. The van der Waals surface area contributed by atoms with Gasteiger partial charge in [-0.2, -0.15) is 0 Å². The van der Waals surface area contributed by atoms with Crippen LogP contribution in [0.2, 0.25) is 0 Å². The first-order valence-corrected chi connectivity index (χ1v) is 8.30. The largest absolute Gasteiger partial charge is 0.468 e. The first kappa shape index (κ1) is 16.5. The van der Waals surface area contributed by atoms with Crippen LogP contribution in [0.25, 0.3) is 0 Å². The van der Waals surface area contributed by atoms with E-state index < -0.39 is 0 Å². The van der Waals surface area contributed by atoms with Crippen molar-refractivity contribution in [2.75, 3.05) is 26.7 Å². The van der Waals surface area contributed by atoms with E-state index in [1.807, 2.05) is 6.26 Å². The Morgan fingerprint density at radius 3 is 2.71 bits per heavy atom. The summed E-state index contributed by atoms with van der Waals surface area (Å²) in [6, 6.07) is 3.39. The van der Waals surface area contributed by atoms with Gasteiger partial charge in [0.25, 0.3) is 0 Å². The van der Waals surface area contributed by atoms with Crippen molar-refractivity contribution >= 4 is 0 Å². The molecule has 21 heavy (non-hydrogen) atoms. The predicted octanol–water partition coefficient (Wildman–Crippen LogP) is 2.69. The van der Waals surface area contributed by atoms with Crippen molar-refractivity contribution in [3.63, 3.8) is 0 Å². The highest BCUT2D eigenvalue weighted by molar-refractivity contribution is 5.12. The molecular weight excluding hydrogens is 262 g/mol. The molecule has 120 valence electrons. The van der Waals surface area contributed by atoms with Crippen LogP contribution in [0.1, 0.15) is 44.9 Å². The van der Waals surface area contributed by atoms with E-state index in [0.717, 1.165) is 18.8 Å². The Bertz CT molecular complexity index is 408. The van der Waals surface area contributed by atoms with Gasteiger partial charge in [-0.25, -0.2) is 0 Å². The quantitative estimate of drug-likeness (QED) is 0.837. The van der Waals surface area contributed by atoms with Crippen molar-refractivity contribution in [2.24, 2.45) is 0 Å². The number of nitrogens with one attached hydrogen (secondary N) is 1. The fraction of sp³-hybridized carbons (Fsp3) is 0.765. The Labute approximate surface area is 129 Å². The van der Waals surface area contributed by atoms with Gasteiger partial charge in [-0.15, -0.1) is 0 Å². The van der Waals surface area contributed by atoms with Gasteiger partial charge in [-0.3, -0.25) is 4.90 Å². The molecule has 0 radical (unpaired) electrons. The molecule has 1 aromatic rings. The van der Waals surface area contributed by atoms with Gasteiger partial charge in [-0.1, -0.05) is 20.8 Å². The molecule has 1 fully saturated rings. The molecule has 0 saturated carbocycles. The van der Waals surface area contributed by atoms with Crippen LogP contribution >= 0.6 is 0 Å². The number of nitrogens with zero attached hydrogens (tertiary/aromatic N) is 2. The van der Waals surface area contributed by atoms with Gasteiger partial charge in [0.05, 0.1) is 12.8 Å². The summed E-state index contributed by atoms with van der Waals surface area (Å²) in [6.45, 7) is 12.0. The van der Waals surface area contributed by atoms with Gasteiger partial charge in [0.15, 0.2) is 0 Å². The van der Waals surface area contributed by atoms with Gasteiger partial charge in [0.2, 0.25) is 0 Å². The van der Waals surface area contributed by atoms with E-state index in [2.05, 4.69) is 49.0 Å². The van der Waals surface area contributed by atoms with Gasteiger partial charge < -0.3 is 14.6 Å². The van der Waals surface area contributed by atoms with E-state index in [1.54, 1.807) is 0 Å². The number of likely N-dealkylation sites (tertiary alicyclic amines) is 1. The zero-order chi connectivity index (χ0) is 15.2. The van der Waals surface area contributed by atoms with E-state index in [1.165, 1.54) is 38.0 Å². The van der Waals surface area contributed by atoms with E-state index in [4.69, 9.17) is 4.42 Å². The van der Waals surface area contributed by atoms with Crippen molar-refractivity contribution in [1.82, 2.24) is 15.1 Å². The first-order valence-electron chi connectivity index (χ1n) is 8.30. The van der Waals surface area contributed by atoms with Crippen molar-refractivity contribution in [3.8, 4) is 0 Å². The summed E-state index contributed by atoms with van der Waals surface area (Å²) in [5, 5.41) is 3.42. The molecule has 0 atom stereocenters. The minimum absolute atomic E-state index is 0.509. The van der Waals surface area contributed by atoms with Crippen LogP contribution in [0, 0.1) is 0 Å². The zero-order valence-electron chi connectivity index (χ0n) is 14.1. The molecule has 0 aromatic carbocycles. The molecule has 1 aliphatic rings. The number of furan rings is 1. The Kier molecular flexibility index (Phi) is 6.27. The van der Waals surface area contributed by atoms with E-state index in [0.29, 0.717) is 12.1 Å². The number of piperidine rings is 1. The minimum Gasteiger partial charge on any atom is -0.468 e. The second kappa shape index (κ2) is 7.97. The lowest BCUT2D eigenvalue weighted by Crippen LogP contribution is -2.42. The normalized spacial score (nSPS) is 18.0. The van der Waals surface area contributed by atoms with Crippen molar-refractivity contribution in [2.45, 2.75) is 58.8 Å².